The van der Waals surface area contributed by atoms with Gasteiger partial charge in [0.2, 0.25) is 5.91 Å². The van der Waals surface area contributed by atoms with Crippen molar-refractivity contribution in [1.29, 1.82) is 0 Å². The molecular weight excluding hydrogens is 369 g/mol. The molecule has 0 aromatic heterocycles. The van der Waals surface area contributed by atoms with Gasteiger partial charge in [0.15, 0.2) is 0 Å². The Balaban J connectivity index is 1.96. The molecule has 2 aromatic carbocycles. The standard InChI is InChI=1S/C15H14INOS/c1-11(19-14-8-3-2-4-9-14)15(18)17-13-7-5-6-12(16)10-13/h2-11H,1H3,(H,17,18). The normalized spacial score (nSPS) is 11.9. The predicted molar refractivity (Wildman–Crippen MR) is 89.5 cm³/mol. The minimum absolute atomic E-state index is 0.0239. The van der Waals surface area contributed by atoms with E-state index in [2.05, 4.69) is 27.9 Å². The van der Waals surface area contributed by atoms with Gasteiger partial charge in [0.1, 0.15) is 0 Å². The Bertz CT molecular complexity index is 559. The highest BCUT2D eigenvalue weighted by molar-refractivity contribution is 14.1. The molecule has 1 atom stereocenters. The summed E-state index contributed by atoms with van der Waals surface area (Å²) >= 11 is 3.79. The molecule has 0 fully saturated rings. The topological polar surface area (TPSA) is 29.1 Å². The molecule has 0 aliphatic carbocycles. The fourth-order valence-electron chi connectivity index (χ4n) is 1.57. The molecule has 0 aliphatic heterocycles. The van der Waals surface area contributed by atoms with Crippen LogP contribution in [-0.4, -0.2) is 11.2 Å². The minimum atomic E-state index is -0.125. The van der Waals surface area contributed by atoms with E-state index in [1.165, 1.54) is 0 Å². The zero-order chi connectivity index (χ0) is 13.7. The molecule has 98 valence electrons. The van der Waals surface area contributed by atoms with E-state index in [0.29, 0.717) is 0 Å². The third-order valence-electron chi connectivity index (χ3n) is 2.52. The molecule has 0 heterocycles. The van der Waals surface area contributed by atoms with Gasteiger partial charge < -0.3 is 5.32 Å². The van der Waals surface area contributed by atoms with Crippen LogP contribution in [0.3, 0.4) is 0 Å². The van der Waals surface area contributed by atoms with Crippen LogP contribution in [0.25, 0.3) is 0 Å². The molecule has 0 saturated heterocycles. The highest BCUT2D eigenvalue weighted by Gasteiger charge is 2.14. The van der Waals surface area contributed by atoms with Crippen molar-refractivity contribution in [2.75, 3.05) is 5.32 Å². The number of halogens is 1. The van der Waals surface area contributed by atoms with Gasteiger partial charge in [-0.25, -0.2) is 0 Å². The Kier molecular flexibility index (Phi) is 5.27. The van der Waals surface area contributed by atoms with Crippen molar-refractivity contribution >= 4 is 45.9 Å². The molecule has 2 aromatic rings. The van der Waals surface area contributed by atoms with Crippen molar-refractivity contribution in [3.8, 4) is 0 Å². The second-order valence-electron chi connectivity index (χ2n) is 4.07. The van der Waals surface area contributed by atoms with E-state index in [9.17, 15) is 4.79 Å². The van der Waals surface area contributed by atoms with Crippen LogP contribution in [0.4, 0.5) is 5.69 Å². The lowest BCUT2D eigenvalue weighted by Gasteiger charge is -2.12. The van der Waals surface area contributed by atoms with Gasteiger partial charge in [-0.05, 0) is 59.8 Å². The molecule has 0 saturated carbocycles. The third-order valence-corrected chi connectivity index (χ3v) is 4.30. The molecular formula is C15H14INOS. The molecule has 1 N–H and O–H groups in total. The molecule has 19 heavy (non-hydrogen) atoms. The van der Waals surface area contributed by atoms with E-state index in [0.717, 1.165) is 14.2 Å². The lowest BCUT2D eigenvalue weighted by molar-refractivity contribution is -0.115. The number of carbonyl (C=O) groups excluding carboxylic acids is 1. The SMILES string of the molecule is CC(Sc1ccccc1)C(=O)Nc1cccc(I)c1. The van der Waals surface area contributed by atoms with Crippen molar-refractivity contribution < 1.29 is 4.79 Å². The zero-order valence-corrected chi connectivity index (χ0v) is 13.4. The summed E-state index contributed by atoms with van der Waals surface area (Å²) in [6, 6.07) is 17.8. The molecule has 0 bridgehead atoms. The third kappa shape index (κ3) is 4.54. The first-order valence-electron chi connectivity index (χ1n) is 5.93. The van der Waals surface area contributed by atoms with Gasteiger partial charge in [-0.1, -0.05) is 24.3 Å². The monoisotopic (exact) mass is 383 g/mol. The Morgan fingerprint density at radius 2 is 1.89 bits per heavy atom. The van der Waals surface area contributed by atoms with Crippen molar-refractivity contribution in [3.05, 3.63) is 58.2 Å². The average Bonchev–Trinajstić information content (AvgIpc) is 2.40. The van der Waals surface area contributed by atoms with Crippen LogP contribution < -0.4 is 5.32 Å². The van der Waals surface area contributed by atoms with Gasteiger partial charge in [-0.15, -0.1) is 11.8 Å². The molecule has 0 aliphatic rings. The van der Waals surface area contributed by atoms with Crippen molar-refractivity contribution in [2.45, 2.75) is 17.1 Å². The summed E-state index contributed by atoms with van der Waals surface area (Å²) in [6.45, 7) is 1.92. The second-order valence-corrected chi connectivity index (χ2v) is 6.73. The predicted octanol–water partition coefficient (Wildman–Crippen LogP) is 4.41. The maximum Gasteiger partial charge on any atom is 0.237 e. The Morgan fingerprint density at radius 1 is 1.16 bits per heavy atom. The van der Waals surface area contributed by atoms with E-state index in [4.69, 9.17) is 0 Å². The summed E-state index contributed by atoms with van der Waals surface area (Å²) < 4.78 is 1.11. The molecule has 2 rings (SSSR count). The van der Waals surface area contributed by atoms with Crippen molar-refractivity contribution in [1.82, 2.24) is 0 Å². The van der Waals surface area contributed by atoms with Crippen LogP contribution in [0.2, 0.25) is 0 Å². The minimum Gasteiger partial charge on any atom is -0.325 e. The number of rotatable bonds is 4. The highest BCUT2D eigenvalue weighted by Crippen LogP contribution is 2.23. The summed E-state index contributed by atoms with van der Waals surface area (Å²) in [6.07, 6.45) is 0. The van der Waals surface area contributed by atoms with E-state index < -0.39 is 0 Å². The number of thioether (sulfide) groups is 1. The maximum absolute atomic E-state index is 12.1. The van der Waals surface area contributed by atoms with Crippen LogP contribution in [0.5, 0.6) is 0 Å². The molecule has 0 spiro atoms. The first-order valence-corrected chi connectivity index (χ1v) is 7.89. The van der Waals surface area contributed by atoms with Crippen LogP contribution in [0, 0.1) is 3.57 Å². The van der Waals surface area contributed by atoms with E-state index in [1.54, 1.807) is 11.8 Å². The first-order chi connectivity index (χ1) is 9.15. The number of anilines is 1. The molecule has 2 nitrogen and oxygen atoms in total. The van der Waals surface area contributed by atoms with Gasteiger partial charge in [0, 0.05) is 14.2 Å². The lowest BCUT2D eigenvalue weighted by atomic mass is 10.3. The summed E-state index contributed by atoms with van der Waals surface area (Å²) in [5.74, 6) is 0.0239. The van der Waals surface area contributed by atoms with Crippen LogP contribution in [-0.2, 0) is 4.79 Å². The van der Waals surface area contributed by atoms with Crippen LogP contribution >= 0.6 is 34.4 Å². The number of benzene rings is 2. The van der Waals surface area contributed by atoms with E-state index >= 15 is 0 Å². The fourth-order valence-corrected chi connectivity index (χ4v) is 3.00. The zero-order valence-electron chi connectivity index (χ0n) is 10.5. The van der Waals surface area contributed by atoms with E-state index in [-0.39, 0.29) is 11.2 Å². The largest absolute Gasteiger partial charge is 0.325 e. The number of carbonyl (C=O) groups is 1. The lowest BCUT2D eigenvalue weighted by Crippen LogP contribution is -2.22. The van der Waals surface area contributed by atoms with E-state index in [1.807, 2.05) is 61.5 Å². The molecule has 1 unspecified atom stereocenters. The van der Waals surface area contributed by atoms with Crippen LogP contribution in [0.1, 0.15) is 6.92 Å². The van der Waals surface area contributed by atoms with Gasteiger partial charge in [-0.2, -0.15) is 0 Å². The van der Waals surface area contributed by atoms with Gasteiger partial charge in [-0.3, -0.25) is 4.79 Å². The van der Waals surface area contributed by atoms with Gasteiger partial charge >= 0.3 is 0 Å². The number of amides is 1. The number of nitrogens with one attached hydrogen (secondary N) is 1. The number of hydrogen-bond acceptors (Lipinski definition) is 2. The van der Waals surface area contributed by atoms with Crippen molar-refractivity contribution in [2.24, 2.45) is 0 Å². The summed E-state index contributed by atoms with van der Waals surface area (Å²) in [5.41, 5.74) is 0.845. The molecule has 0 radical (unpaired) electrons. The Labute approximate surface area is 131 Å². The second kappa shape index (κ2) is 6.96. The summed E-state index contributed by atoms with van der Waals surface area (Å²) in [7, 11) is 0. The highest BCUT2D eigenvalue weighted by atomic mass is 127. The molecule has 1 amide bonds. The van der Waals surface area contributed by atoms with Gasteiger partial charge in [0.05, 0.1) is 5.25 Å². The van der Waals surface area contributed by atoms with Crippen molar-refractivity contribution in [3.63, 3.8) is 0 Å². The number of hydrogen-bond donors (Lipinski definition) is 1. The Hall–Kier alpha value is -1.01. The van der Waals surface area contributed by atoms with Crippen LogP contribution in [0.15, 0.2) is 59.5 Å². The quantitative estimate of drug-likeness (QED) is 0.626. The fraction of sp³-hybridized carbons (Fsp3) is 0.133. The summed E-state index contributed by atoms with van der Waals surface area (Å²) in [5, 5.41) is 2.81. The smallest absolute Gasteiger partial charge is 0.237 e. The van der Waals surface area contributed by atoms with Gasteiger partial charge in [0.25, 0.3) is 0 Å². The Morgan fingerprint density at radius 3 is 2.58 bits per heavy atom. The summed E-state index contributed by atoms with van der Waals surface area (Å²) in [4.78, 5) is 13.2. The first kappa shape index (κ1) is 14.4. The average molecular weight is 383 g/mol. The maximum atomic E-state index is 12.1. The molecule has 4 heteroatoms.